The van der Waals surface area contributed by atoms with Crippen LogP contribution in [-0.2, 0) is 16.0 Å². The lowest BCUT2D eigenvalue weighted by molar-refractivity contribution is -0.138. The number of hydrogen-bond acceptors (Lipinski definition) is 2. The molecule has 5 heteroatoms. The number of hydrogen-bond donors (Lipinski definition) is 2. The van der Waals surface area contributed by atoms with Gasteiger partial charge in [0.05, 0.1) is 11.3 Å². The van der Waals surface area contributed by atoms with Crippen LogP contribution in [-0.4, -0.2) is 17.0 Å². The molecule has 1 amide bonds. The van der Waals surface area contributed by atoms with E-state index in [0.29, 0.717) is 23.2 Å². The molecule has 0 saturated heterocycles. The maximum absolute atomic E-state index is 13.8. The van der Waals surface area contributed by atoms with E-state index in [-0.39, 0.29) is 11.7 Å². The molecule has 1 saturated carbocycles. The predicted molar refractivity (Wildman–Crippen MR) is 92.9 cm³/mol. The van der Waals surface area contributed by atoms with Crippen LogP contribution in [0.25, 0.3) is 0 Å². The van der Waals surface area contributed by atoms with Crippen LogP contribution in [0.15, 0.2) is 48.5 Å². The molecule has 1 atom stereocenters. The number of amides is 1. The van der Waals surface area contributed by atoms with E-state index in [4.69, 9.17) is 5.11 Å². The van der Waals surface area contributed by atoms with Gasteiger partial charge in [0.15, 0.2) is 0 Å². The highest BCUT2D eigenvalue weighted by Crippen LogP contribution is 2.49. The molecule has 0 radical (unpaired) electrons. The summed E-state index contributed by atoms with van der Waals surface area (Å²) in [5, 5.41) is 11.9. The van der Waals surface area contributed by atoms with E-state index in [1.165, 1.54) is 6.07 Å². The van der Waals surface area contributed by atoms with Crippen LogP contribution in [0.5, 0.6) is 0 Å². The maximum atomic E-state index is 13.8. The molecule has 130 valence electrons. The van der Waals surface area contributed by atoms with Crippen LogP contribution >= 0.6 is 0 Å². The molecule has 2 aromatic rings. The average Bonchev–Trinajstić information content (AvgIpc) is 3.38. The molecule has 25 heavy (non-hydrogen) atoms. The number of carbonyl (C=O) groups excluding carboxylic acids is 1. The number of aliphatic carboxylic acids is 1. The Morgan fingerprint density at radius 1 is 1.16 bits per heavy atom. The standard InChI is InChI=1S/C20H20FNO3/c1-13(18(23)24)14-6-8-16(9-7-14)22-19(25)20(10-11-20)12-15-4-2-3-5-17(15)21/h2-9,13H,10-12H2,1H3,(H,22,25)(H,23,24). The third-order valence-corrected chi connectivity index (χ3v) is 4.86. The SMILES string of the molecule is CC(C(=O)O)c1ccc(NC(=O)C2(Cc3ccccc3F)CC2)cc1. The number of anilines is 1. The van der Waals surface area contributed by atoms with Crippen LogP contribution in [0.1, 0.15) is 36.8 Å². The van der Waals surface area contributed by atoms with Crippen molar-refractivity contribution in [1.82, 2.24) is 0 Å². The first-order valence-electron chi connectivity index (χ1n) is 8.29. The minimum atomic E-state index is -0.890. The van der Waals surface area contributed by atoms with E-state index in [1.54, 1.807) is 49.4 Å². The monoisotopic (exact) mass is 341 g/mol. The highest BCUT2D eigenvalue weighted by atomic mass is 19.1. The smallest absolute Gasteiger partial charge is 0.310 e. The molecule has 0 heterocycles. The lowest BCUT2D eigenvalue weighted by Gasteiger charge is -2.16. The zero-order valence-corrected chi connectivity index (χ0v) is 14.0. The van der Waals surface area contributed by atoms with Crippen molar-refractivity contribution in [2.75, 3.05) is 5.32 Å². The van der Waals surface area contributed by atoms with Gasteiger partial charge in [0.1, 0.15) is 5.82 Å². The fourth-order valence-electron chi connectivity index (χ4n) is 2.90. The number of carbonyl (C=O) groups is 2. The first-order valence-corrected chi connectivity index (χ1v) is 8.29. The van der Waals surface area contributed by atoms with E-state index in [2.05, 4.69) is 5.32 Å². The highest BCUT2D eigenvalue weighted by Gasteiger charge is 2.49. The summed E-state index contributed by atoms with van der Waals surface area (Å²) in [6.07, 6.45) is 1.86. The lowest BCUT2D eigenvalue weighted by Crippen LogP contribution is -2.26. The molecule has 1 fully saturated rings. The normalized spacial score (nSPS) is 16.1. The van der Waals surface area contributed by atoms with Crippen molar-refractivity contribution in [3.05, 3.63) is 65.5 Å². The number of nitrogens with one attached hydrogen (secondary N) is 1. The predicted octanol–water partition coefficient (Wildman–Crippen LogP) is 3.98. The van der Waals surface area contributed by atoms with Gasteiger partial charge in [0, 0.05) is 5.69 Å². The Morgan fingerprint density at radius 3 is 2.36 bits per heavy atom. The molecule has 4 nitrogen and oxygen atoms in total. The van der Waals surface area contributed by atoms with Gasteiger partial charge in [-0.15, -0.1) is 0 Å². The molecule has 1 aliphatic carbocycles. The number of benzene rings is 2. The topological polar surface area (TPSA) is 66.4 Å². The molecule has 1 unspecified atom stereocenters. The third kappa shape index (κ3) is 3.71. The second-order valence-corrected chi connectivity index (χ2v) is 6.68. The summed E-state index contributed by atoms with van der Waals surface area (Å²) in [5.41, 5.74) is 1.31. The van der Waals surface area contributed by atoms with Gasteiger partial charge in [0.25, 0.3) is 0 Å². The van der Waals surface area contributed by atoms with Gasteiger partial charge in [-0.05, 0) is 55.5 Å². The fourth-order valence-corrected chi connectivity index (χ4v) is 2.90. The zero-order chi connectivity index (χ0) is 18.0. The van der Waals surface area contributed by atoms with E-state index in [1.807, 2.05) is 0 Å². The molecule has 3 rings (SSSR count). The Balaban J connectivity index is 1.68. The van der Waals surface area contributed by atoms with Crippen LogP contribution in [0.3, 0.4) is 0 Å². The Morgan fingerprint density at radius 2 is 1.80 bits per heavy atom. The Kier molecular flexibility index (Phi) is 4.57. The Hall–Kier alpha value is -2.69. The number of rotatable bonds is 6. The largest absolute Gasteiger partial charge is 0.481 e. The van der Waals surface area contributed by atoms with E-state index >= 15 is 0 Å². The summed E-state index contributed by atoms with van der Waals surface area (Å²) >= 11 is 0. The van der Waals surface area contributed by atoms with Crippen molar-refractivity contribution in [3.8, 4) is 0 Å². The molecule has 0 aliphatic heterocycles. The van der Waals surface area contributed by atoms with Crippen LogP contribution in [0.4, 0.5) is 10.1 Å². The number of halogens is 1. The van der Waals surface area contributed by atoms with Gasteiger partial charge in [-0.25, -0.2) is 4.39 Å². The highest BCUT2D eigenvalue weighted by molar-refractivity contribution is 5.97. The van der Waals surface area contributed by atoms with Crippen molar-refractivity contribution in [2.45, 2.75) is 32.1 Å². The van der Waals surface area contributed by atoms with E-state index in [0.717, 1.165) is 12.8 Å². The lowest BCUT2D eigenvalue weighted by atomic mass is 9.95. The fraction of sp³-hybridized carbons (Fsp3) is 0.300. The first-order chi connectivity index (χ1) is 11.9. The number of carboxylic acids is 1. The minimum Gasteiger partial charge on any atom is -0.481 e. The van der Waals surface area contributed by atoms with Crippen molar-refractivity contribution >= 4 is 17.6 Å². The minimum absolute atomic E-state index is 0.116. The average molecular weight is 341 g/mol. The molecule has 0 bridgehead atoms. The molecule has 0 aromatic heterocycles. The Bertz CT molecular complexity index is 797. The van der Waals surface area contributed by atoms with E-state index in [9.17, 15) is 14.0 Å². The summed E-state index contributed by atoms with van der Waals surface area (Å²) in [7, 11) is 0. The van der Waals surface area contributed by atoms with Crippen molar-refractivity contribution < 1.29 is 19.1 Å². The van der Waals surface area contributed by atoms with Crippen LogP contribution < -0.4 is 5.32 Å². The van der Waals surface area contributed by atoms with Crippen LogP contribution in [0.2, 0.25) is 0 Å². The van der Waals surface area contributed by atoms with Gasteiger partial charge in [-0.2, -0.15) is 0 Å². The summed E-state index contributed by atoms with van der Waals surface area (Å²) in [5.74, 6) is -1.89. The molecule has 0 spiro atoms. The first kappa shape index (κ1) is 17.1. The molecular weight excluding hydrogens is 321 g/mol. The van der Waals surface area contributed by atoms with Gasteiger partial charge in [-0.3, -0.25) is 9.59 Å². The third-order valence-electron chi connectivity index (χ3n) is 4.86. The maximum Gasteiger partial charge on any atom is 0.310 e. The molecule has 2 N–H and O–H groups in total. The second kappa shape index (κ2) is 6.67. The quantitative estimate of drug-likeness (QED) is 0.835. The number of carboxylic acid groups (broad SMARTS) is 1. The zero-order valence-electron chi connectivity index (χ0n) is 14.0. The van der Waals surface area contributed by atoms with E-state index < -0.39 is 17.3 Å². The summed E-state index contributed by atoms with van der Waals surface area (Å²) in [6, 6.07) is 13.3. The molecule has 1 aliphatic rings. The van der Waals surface area contributed by atoms with Crippen LogP contribution in [0, 0.1) is 11.2 Å². The van der Waals surface area contributed by atoms with Gasteiger partial charge >= 0.3 is 5.97 Å². The van der Waals surface area contributed by atoms with Crippen molar-refractivity contribution in [2.24, 2.45) is 5.41 Å². The summed E-state index contributed by atoms with van der Waals surface area (Å²) in [4.78, 5) is 23.6. The van der Waals surface area contributed by atoms with Gasteiger partial charge in [-0.1, -0.05) is 30.3 Å². The molecular formula is C20H20FNO3. The van der Waals surface area contributed by atoms with Crippen molar-refractivity contribution in [1.29, 1.82) is 0 Å². The van der Waals surface area contributed by atoms with Gasteiger partial charge in [0.2, 0.25) is 5.91 Å². The summed E-state index contributed by atoms with van der Waals surface area (Å²) < 4.78 is 13.8. The van der Waals surface area contributed by atoms with Gasteiger partial charge < -0.3 is 10.4 Å². The molecule has 2 aromatic carbocycles. The second-order valence-electron chi connectivity index (χ2n) is 6.68. The van der Waals surface area contributed by atoms with Crippen molar-refractivity contribution in [3.63, 3.8) is 0 Å². The Labute approximate surface area is 145 Å². The summed E-state index contributed by atoms with van der Waals surface area (Å²) in [6.45, 7) is 1.61.